The van der Waals surface area contributed by atoms with Crippen molar-refractivity contribution in [1.82, 2.24) is 9.97 Å². The first-order valence-corrected chi connectivity index (χ1v) is 8.49. The molecule has 20 heavy (non-hydrogen) atoms. The van der Waals surface area contributed by atoms with Gasteiger partial charge in [0, 0.05) is 12.4 Å². The van der Waals surface area contributed by atoms with Gasteiger partial charge in [-0.2, -0.15) is 0 Å². The predicted octanol–water partition coefficient (Wildman–Crippen LogP) is 5.12. The van der Waals surface area contributed by atoms with Crippen LogP contribution in [0.5, 0.6) is 0 Å². The highest BCUT2D eigenvalue weighted by molar-refractivity contribution is 9.09. The fourth-order valence-electron chi connectivity index (χ4n) is 1.23. The Labute approximate surface area is 132 Å². The Morgan fingerprint density at radius 2 is 1.45 bits per heavy atom. The number of hydrogen-bond acceptors (Lipinski definition) is 3. The SMILES string of the molecule is CC(=O)CBr.CCCCCCCC.Cc1ncccn1. The van der Waals surface area contributed by atoms with Crippen molar-refractivity contribution in [3.05, 3.63) is 24.3 Å². The number of unbranched alkanes of at least 4 members (excludes halogenated alkanes) is 5. The number of carbonyl (C=O) groups is 1. The minimum absolute atomic E-state index is 0.171. The summed E-state index contributed by atoms with van der Waals surface area (Å²) in [6.45, 7) is 7.91. The molecule has 1 aromatic heterocycles. The third-order valence-corrected chi connectivity index (χ3v) is 3.13. The summed E-state index contributed by atoms with van der Waals surface area (Å²) in [6.07, 6.45) is 11.9. The number of Topliss-reactive ketones (excluding diaryl/α,β-unsaturated/α-hetero) is 1. The first-order valence-electron chi connectivity index (χ1n) is 7.37. The standard InChI is InChI=1S/C8H18.C5H6N2.C3H5BrO/c1-3-5-7-8-6-4-2;1-5-6-3-2-4-7-5;1-3(5)2-4/h3-8H2,1-2H3;2-4H,1H3;2H2,1H3. The largest absolute Gasteiger partial charge is 0.299 e. The third-order valence-electron chi connectivity index (χ3n) is 2.34. The smallest absolute Gasteiger partial charge is 0.140 e. The minimum Gasteiger partial charge on any atom is -0.299 e. The van der Waals surface area contributed by atoms with Crippen molar-refractivity contribution in [1.29, 1.82) is 0 Å². The van der Waals surface area contributed by atoms with Crippen molar-refractivity contribution in [3.63, 3.8) is 0 Å². The van der Waals surface area contributed by atoms with E-state index in [9.17, 15) is 4.79 Å². The zero-order chi connectivity index (χ0) is 15.6. The maximum atomic E-state index is 9.77. The van der Waals surface area contributed by atoms with Gasteiger partial charge in [0.25, 0.3) is 0 Å². The molecule has 0 bridgehead atoms. The Morgan fingerprint density at radius 3 is 1.65 bits per heavy atom. The number of carbonyl (C=O) groups excluding carboxylic acids is 1. The number of nitrogens with zero attached hydrogens (tertiary/aromatic N) is 2. The maximum Gasteiger partial charge on any atom is 0.140 e. The molecule has 0 aliphatic carbocycles. The van der Waals surface area contributed by atoms with Gasteiger partial charge in [-0.3, -0.25) is 4.79 Å². The molecule has 0 aliphatic rings. The number of hydrogen-bond donors (Lipinski definition) is 0. The van der Waals surface area contributed by atoms with Crippen LogP contribution in [0.3, 0.4) is 0 Å². The Bertz CT molecular complexity index is 299. The van der Waals surface area contributed by atoms with Gasteiger partial charge in [0.15, 0.2) is 0 Å². The highest BCUT2D eigenvalue weighted by Gasteiger charge is 1.83. The zero-order valence-corrected chi connectivity index (χ0v) is 14.9. The van der Waals surface area contributed by atoms with E-state index in [0.717, 1.165) is 5.82 Å². The molecule has 0 aliphatic heterocycles. The van der Waals surface area contributed by atoms with Crippen LogP contribution in [0, 0.1) is 6.92 Å². The molecule has 0 spiro atoms. The first-order chi connectivity index (χ1) is 9.58. The molecule has 0 saturated carbocycles. The quantitative estimate of drug-likeness (QED) is 0.531. The molecular formula is C16H29BrN2O. The van der Waals surface area contributed by atoms with Crippen LogP contribution in [0.25, 0.3) is 0 Å². The van der Waals surface area contributed by atoms with Crippen LogP contribution in [0.15, 0.2) is 18.5 Å². The van der Waals surface area contributed by atoms with Gasteiger partial charge in [0.1, 0.15) is 11.6 Å². The second-order valence-electron chi connectivity index (χ2n) is 4.55. The lowest BCUT2D eigenvalue weighted by Crippen LogP contribution is -1.85. The highest BCUT2D eigenvalue weighted by Crippen LogP contribution is 2.03. The molecule has 0 fully saturated rings. The number of halogens is 1. The van der Waals surface area contributed by atoms with Gasteiger partial charge in [0.05, 0.1) is 5.33 Å². The number of rotatable bonds is 6. The van der Waals surface area contributed by atoms with Crippen molar-refractivity contribution < 1.29 is 4.79 Å². The lowest BCUT2D eigenvalue weighted by atomic mass is 10.1. The highest BCUT2D eigenvalue weighted by atomic mass is 79.9. The summed E-state index contributed by atoms with van der Waals surface area (Å²) in [5.74, 6) is 0.993. The van der Waals surface area contributed by atoms with E-state index in [1.54, 1.807) is 18.5 Å². The molecule has 0 unspecified atom stereocenters. The topological polar surface area (TPSA) is 42.9 Å². The summed E-state index contributed by atoms with van der Waals surface area (Å²) in [4.78, 5) is 17.5. The Morgan fingerprint density at radius 1 is 1.05 bits per heavy atom. The average Bonchev–Trinajstić information content (AvgIpc) is 2.46. The second-order valence-corrected chi connectivity index (χ2v) is 5.11. The summed E-state index contributed by atoms with van der Waals surface area (Å²) in [5.41, 5.74) is 0. The van der Waals surface area contributed by atoms with Gasteiger partial charge in [-0.1, -0.05) is 68.3 Å². The maximum absolute atomic E-state index is 9.77. The van der Waals surface area contributed by atoms with Crippen molar-refractivity contribution in [2.24, 2.45) is 0 Å². The van der Waals surface area contributed by atoms with Gasteiger partial charge < -0.3 is 0 Å². The van der Waals surface area contributed by atoms with Crippen LogP contribution in [0.4, 0.5) is 0 Å². The fourth-order valence-corrected chi connectivity index (χ4v) is 1.23. The minimum atomic E-state index is 0.171. The fraction of sp³-hybridized carbons (Fsp3) is 0.688. The van der Waals surface area contributed by atoms with Crippen molar-refractivity contribution in [2.45, 2.75) is 66.2 Å². The molecular weight excluding hydrogens is 316 g/mol. The molecule has 4 heteroatoms. The van der Waals surface area contributed by atoms with Gasteiger partial charge in [0.2, 0.25) is 0 Å². The number of alkyl halides is 1. The Kier molecular flexibility index (Phi) is 19.6. The van der Waals surface area contributed by atoms with Crippen molar-refractivity contribution >= 4 is 21.7 Å². The molecule has 1 rings (SSSR count). The van der Waals surface area contributed by atoms with Gasteiger partial charge in [-0.15, -0.1) is 0 Å². The van der Waals surface area contributed by atoms with E-state index in [1.807, 2.05) is 6.92 Å². The van der Waals surface area contributed by atoms with E-state index < -0.39 is 0 Å². The third kappa shape index (κ3) is 22.4. The molecule has 0 aromatic carbocycles. The lowest BCUT2D eigenvalue weighted by Gasteiger charge is -1.93. The number of aromatic nitrogens is 2. The van der Waals surface area contributed by atoms with Crippen LogP contribution in [-0.2, 0) is 4.79 Å². The number of ketones is 1. The summed E-state index contributed by atoms with van der Waals surface area (Å²) in [5, 5.41) is 0.479. The van der Waals surface area contributed by atoms with Crippen LogP contribution in [0.1, 0.15) is 65.1 Å². The van der Waals surface area contributed by atoms with E-state index in [1.165, 1.54) is 45.4 Å². The van der Waals surface area contributed by atoms with E-state index in [2.05, 4.69) is 39.7 Å². The predicted molar refractivity (Wildman–Crippen MR) is 90.3 cm³/mol. The molecule has 1 aromatic rings. The zero-order valence-electron chi connectivity index (χ0n) is 13.4. The summed E-state index contributed by atoms with van der Waals surface area (Å²) >= 11 is 2.96. The van der Waals surface area contributed by atoms with Crippen LogP contribution < -0.4 is 0 Å². The molecule has 0 radical (unpaired) electrons. The Hall–Kier alpha value is -0.770. The first kappa shape index (κ1) is 21.5. The molecule has 0 amide bonds. The van der Waals surface area contributed by atoms with E-state index in [-0.39, 0.29) is 5.78 Å². The normalized spacial score (nSPS) is 8.85. The van der Waals surface area contributed by atoms with E-state index >= 15 is 0 Å². The molecule has 0 saturated heterocycles. The van der Waals surface area contributed by atoms with Crippen LogP contribution in [-0.4, -0.2) is 21.1 Å². The van der Waals surface area contributed by atoms with Crippen molar-refractivity contribution in [2.75, 3.05) is 5.33 Å². The second kappa shape index (κ2) is 18.2. The lowest BCUT2D eigenvalue weighted by molar-refractivity contribution is -0.114. The molecule has 3 nitrogen and oxygen atoms in total. The summed E-state index contributed by atoms with van der Waals surface area (Å²) in [6, 6.07) is 1.80. The van der Waals surface area contributed by atoms with Gasteiger partial charge in [-0.25, -0.2) is 9.97 Å². The van der Waals surface area contributed by atoms with Gasteiger partial charge in [-0.05, 0) is 19.9 Å². The van der Waals surface area contributed by atoms with E-state index in [4.69, 9.17) is 0 Å². The van der Waals surface area contributed by atoms with Gasteiger partial charge >= 0.3 is 0 Å². The molecule has 116 valence electrons. The van der Waals surface area contributed by atoms with Crippen LogP contribution in [0.2, 0.25) is 0 Å². The molecule has 0 atom stereocenters. The Balaban J connectivity index is 0. The molecule has 0 N–H and O–H groups in total. The average molecular weight is 345 g/mol. The monoisotopic (exact) mass is 344 g/mol. The molecule has 1 heterocycles. The number of aryl methyl sites for hydroxylation is 1. The van der Waals surface area contributed by atoms with Crippen molar-refractivity contribution in [3.8, 4) is 0 Å². The summed E-state index contributed by atoms with van der Waals surface area (Å²) < 4.78 is 0. The van der Waals surface area contributed by atoms with E-state index in [0.29, 0.717) is 5.33 Å². The van der Waals surface area contributed by atoms with Crippen LogP contribution >= 0.6 is 15.9 Å². The summed E-state index contributed by atoms with van der Waals surface area (Å²) in [7, 11) is 0.